The molecule has 1 aliphatic heterocycles. The van der Waals surface area contributed by atoms with Crippen molar-refractivity contribution in [1.29, 1.82) is 5.41 Å². The van der Waals surface area contributed by atoms with Crippen LogP contribution >= 0.6 is 0 Å². The first-order valence-electron chi connectivity index (χ1n) is 5.27. The minimum atomic E-state index is -0.0710. The van der Waals surface area contributed by atoms with Gasteiger partial charge < -0.3 is 15.2 Å². The number of rotatable bonds is 4. The van der Waals surface area contributed by atoms with Crippen LogP contribution in [0.2, 0.25) is 0 Å². The van der Waals surface area contributed by atoms with Crippen molar-refractivity contribution in [2.24, 2.45) is 11.7 Å². The maximum atomic E-state index is 7.37. The Kier molecular flexibility index (Phi) is 3.36. The highest BCUT2D eigenvalue weighted by Gasteiger charge is 2.17. The Hall–Kier alpha value is -1.62. The fraction of sp³-hybridized carbons (Fsp3) is 0.455. The van der Waals surface area contributed by atoms with Crippen LogP contribution < -0.4 is 10.5 Å². The number of nitrogen functional groups attached to an aromatic ring is 1. The maximum Gasteiger partial charge on any atom is 0.148 e. The molecule has 0 aromatic carbocycles. The summed E-state index contributed by atoms with van der Waals surface area (Å²) >= 11 is 0. The van der Waals surface area contributed by atoms with Crippen molar-refractivity contribution in [3.05, 3.63) is 24.0 Å². The van der Waals surface area contributed by atoms with E-state index >= 15 is 0 Å². The number of hydrogen-bond acceptors (Lipinski definition) is 4. The summed E-state index contributed by atoms with van der Waals surface area (Å²) in [7, 11) is 0. The van der Waals surface area contributed by atoms with Gasteiger partial charge in [-0.25, -0.2) is 4.98 Å². The number of amidine groups is 1. The van der Waals surface area contributed by atoms with Crippen LogP contribution in [0.25, 0.3) is 0 Å². The summed E-state index contributed by atoms with van der Waals surface area (Å²) in [5, 5.41) is 7.37. The van der Waals surface area contributed by atoms with Crippen LogP contribution in [0.3, 0.4) is 0 Å². The molecule has 2 heterocycles. The average molecular weight is 221 g/mol. The van der Waals surface area contributed by atoms with Crippen LogP contribution in [-0.2, 0) is 4.74 Å². The predicted octanol–water partition coefficient (Wildman–Crippen LogP) is 0.781. The molecule has 1 aromatic rings. The van der Waals surface area contributed by atoms with Crippen molar-refractivity contribution in [2.45, 2.75) is 6.42 Å². The number of ether oxygens (including phenoxy) is 2. The Morgan fingerprint density at radius 1 is 1.69 bits per heavy atom. The second-order valence-corrected chi connectivity index (χ2v) is 3.80. The summed E-state index contributed by atoms with van der Waals surface area (Å²) in [6.45, 7) is 2.14. The predicted molar refractivity (Wildman–Crippen MR) is 59.7 cm³/mol. The SMILES string of the molecule is N=C(N)c1ncccc1OCC1CCOC1. The van der Waals surface area contributed by atoms with Gasteiger partial charge in [-0.2, -0.15) is 0 Å². The molecule has 1 aliphatic rings. The van der Waals surface area contributed by atoms with Gasteiger partial charge in [0, 0.05) is 18.7 Å². The lowest BCUT2D eigenvalue weighted by Gasteiger charge is -2.12. The molecule has 5 nitrogen and oxygen atoms in total. The number of nitrogens with two attached hydrogens (primary N) is 1. The molecular weight excluding hydrogens is 206 g/mol. The standard InChI is InChI=1S/C11H15N3O2/c12-11(13)10-9(2-1-4-14-10)16-7-8-3-5-15-6-8/h1-2,4,8H,3,5-7H2,(H3,12,13). The fourth-order valence-corrected chi connectivity index (χ4v) is 1.63. The number of nitrogens with one attached hydrogen (secondary N) is 1. The lowest BCUT2D eigenvalue weighted by molar-refractivity contribution is 0.167. The second kappa shape index (κ2) is 4.94. The highest BCUT2D eigenvalue weighted by molar-refractivity contribution is 5.95. The third kappa shape index (κ3) is 2.49. The van der Waals surface area contributed by atoms with E-state index in [9.17, 15) is 0 Å². The van der Waals surface area contributed by atoms with Gasteiger partial charge in [0.15, 0.2) is 0 Å². The molecule has 16 heavy (non-hydrogen) atoms. The molecule has 1 saturated heterocycles. The van der Waals surface area contributed by atoms with Gasteiger partial charge in [0.1, 0.15) is 17.3 Å². The molecule has 2 rings (SSSR count). The number of aromatic nitrogens is 1. The Bertz CT molecular complexity index is 375. The van der Waals surface area contributed by atoms with E-state index in [0.29, 0.717) is 24.0 Å². The lowest BCUT2D eigenvalue weighted by Crippen LogP contribution is -2.17. The number of pyridine rings is 1. The van der Waals surface area contributed by atoms with Gasteiger partial charge in [0.2, 0.25) is 0 Å². The van der Waals surface area contributed by atoms with Gasteiger partial charge in [-0.3, -0.25) is 5.41 Å². The van der Waals surface area contributed by atoms with Crippen LogP contribution in [0.4, 0.5) is 0 Å². The first kappa shape index (κ1) is 10.9. The summed E-state index contributed by atoms with van der Waals surface area (Å²) in [5.74, 6) is 0.931. The minimum absolute atomic E-state index is 0.0710. The van der Waals surface area contributed by atoms with Crippen LogP contribution in [0.15, 0.2) is 18.3 Å². The van der Waals surface area contributed by atoms with E-state index in [1.807, 2.05) is 0 Å². The van der Waals surface area contributed by atoms with Crippen LogP contribution in [0, 0.1) is 11.3 Å². The molecule has 1 aromatic heterocycles. The highest BCUT2D eigenvalue weighted by atomic mass is 16.5. The van der Waals surface area contributed by atoms with Crippen LogP contribution in [0.5, 0.6) is 5.75 Å². The monoisotopic (exact) mass is 221 g/mol. The number of hydrogen-bond donors (Lipinski definition) is 2. The molecule has 5 heteroatoms. The van der Waals surface area contributed by atoms with Crippen LogP contribution in [-0.4, -0.2) is 30.6 Å². The first-order valence-corrected chi connectivity index (χ1v) is 5.27. The van der Waals surface area contributed by atoms with E-state index < -0.39 is 0 Å². The summed E-state index contributed by atoms with van der Waals surface area (Å²) < 4.78 is 10.9. The summed E-state index contributed by atoms with van der Waals surface area (Å²) in [4.78, 5) is 4.02. The second-order valence-electron chi connectivity index (χ2n) is 3.80. The molecule has 3 N–H and O–H groups in total. The van der Waals surface area contributed by atoms with E-state index in [1.54, 1.807) is 18.3 Å². The van der Waals surface area contributed by atoms with Crippen LogP contribution in [0.1, 0.15) is 12.1 Å². The van der Waals surface area contributed by atoms with Crippen molar-refractivity contribution in [2.75, 3.05) is 19.8 Å². The molecular formula is C11H15N3O2. The molecule has 0 aliphatic carbocycles. The van der Waals surface area contributed by atoms with Gasteiger partial charge in [0.25, 0.3) is 0 Å². The Morgan fingerprint density at radius 3 is 3.25 bits per heavy atom. The van der Waals surface area contributed by atoms with Crippen molar-refractivity contribution < 1.29 is 9.47 Å². The van der Waals surface area contributed by atoms with E-state index in [4.69, 9.17) is 20.6 Å². The minimum Gasteiger partial charge on any atom is -0.491 e. The van der Waals surface area contributed by atoms with Crippen molar-refractivity contribution in [3.8, 4) is 5.75 Å². The van der Waals surface area contributed by atoms with Crippen molar-refractivity contribution >= 4 is 5.84 Å². The molecule has 0 bridgehead atoms. The molecule has 0 spiro atoms. The summed E-state index contributed by atoms with van der Waals surface area (Å²) in [6.07, 6.45) is 2.62. The Balaban J connectivity index is 2.00. The molecule has 0 radical (unpaired) electrons. The first-order chi connectivity index (χ1) is 7.77. The molecule has 1 fully saturated rings. The smallest absolute Gasteiger partial charge is 0.148 e. The van der Waals surface area contributed by atoms with Crippen molar-refractivity contribution in [1.82, 2.24) is 4.98 Å². The van der Waals surface area contributed by atoms with Gasteiger partial charge in [-0.1, -0.05) is 0 Å². The Labute approximate surface area is 94.1 Å². The topological polar surface area (TPSA) is 81.2 Å². The number of nitrogens with zero attached hydrogens (tertiary/aromatic N) is 1. The fourth-order valence-electron chi connectivity index (χ4n) is 1.63. The van der Waals surface area contributed by atoms with Gasteiger partial charge >= 0.3 is 0 Å². The summed E-state index contributed by atoms with van der Waals surface area (Å²) in [6, 6.07) is 3.55. The zero-order valence-electron chi connectivity index (χ0n) is 8.98. The zero-order chi connectivity index (χ0) is 11.4. The molecule has 86 valence electrons. The van der Waals surface area contributed by atoms with Gasteiger partial charge in [-0.15, -0.1) is 0 Å². The summed E-state index contributed by atoms with van der Waals surface area (Å²) in [5.41, 5.74) is 5.82. The Morgan fingerprint density at radius 2 is 2.56 bits per heavy atom. The van der Waals surface area contributed by atoms with E-state index in [-0.39, 0.29) is 5.84 Å². The third-order valence-corrected chi connectivity index (χ3v) is 2.52. The molecule has 1 unspecified atom stereocenters. The largest absolute Gasteiger partial charge is 0.491 e. The normalized spacial score (nSPS) is 19.6. The highest BCUT2D eigenvalue weighted by Crippen LogP contribution is 2.18. The molecule has 0 amide bonds. The lowest BCUT2D eigenvalue weighted by atomic mass is 10.1. The average Bonchev–Trinajstić information content (AvgIpc) is 2.79. The van der Waals surface area contributed by atoms with E-state index in [2.05, 4.69) is 4.98 Å². The van der Waals surface area contributed by atoms with Gasteiger partial charge in [-0.05, 0) is 18.6 Å². The quantitative estimate of drug-likeness (QED) is 0.581. The van der Waals surface area contributed by atoms with Gasteiger partial charge in [0.05, 0.1) is 13.2 Å². The molecule has 1 atom stereocenters. The molecule has 0 saturated carbocycles. The van der Waals surface area contributed by atoms with E-state index in [0.717, 1.165) is 19.6 Å². The van der Waals surface area contributed by atoms with E-state index in [1.165, 1.54) is 0 Å². The maximum absolute atomic E-state index is 7.37. The third-order valence-electron chi connectivity index (χ3n) is 2.52. The van der Waals surface area contributed by atoms with Crippen molar-refractivity contribution in [3.63, 3.8) is 0 Å². The zero-order valence-corrected chi connectivity index (χ0v) is 8.98.